The van der Waals surface area contributed by atoms with E-state index in [1.807, 2.05) is 23.1 Å². The lowest BCUT2D eigenvalue weighted by Crippen LogP contribution is -2.42. The molecule has 5 heteroatoms. The Morgan fingerprint density at radius 2 is 1.72 bits per heavy atom. The van der Waals surface area contributed by atoms with Crippen LogP contribution in [0, 0.1) is 0 Å². The topological polar surface area (TPSA) is 42.0 Å². The van der Waals surface area contributed by atoms with E-state index in [9.17, 15) is 4.79 Å². The highest BCUT2D eigenvalue weighted by Gasteiger charge is 2.34. The number of amides is 1. The van der Waals surface area contributed by atoms with Gasteiger partial charge in [0.2, 0.25) is 0 Å². The standard InChI is InChI=1S/C24H32N2O3/c27-24-23(29-22-8-4-19(5-9-22)18-2-3-18)12-15-26(24)20-6-10-21(11-7-20)28-17-16-25-13-1-14-25/h4-5,8-9,12,18,20-21H,1-3,6-7,10-11,13-17H2/t20-,21-. The molecule has 1 aromatic rings. The Kier molecular flexibility index (Phi) is 5.60. The number of rotatable bonds is 8. The predicted octanol–water partition coefficient (Wildman–Crippen LogP) is 3.70. The molecule has 1 amide bonds. The third kappa shape index (κ3) is 4.51. The first-order valence-electron chi connectivity index (χ1n) is 11.4. The molecule has 0 N–H and O–H groups in total. The van der Waals surface area contributed by atoms with Crippen molar-refractivity contribution in [1.82, 2.24) is 9.80 Å². The summed E-state index contributed by atoms with van der Waals surface area (Å²) in [5.74, 6) is 2.02. The molecule has 0 atom stereocenters. The lowest BCUT2D eigenvalue weighted by atomic mass is 9.92. The van der Waals surface area contributed by atoms with Crippen molar-refractivity contribution in [3.63, 3.8) is 0 Å². The Morgan fingerprint density at radius 3 is 2.38 bits per heavy atom. The molecule has 0 bridgehead atoms. The van der Waals surface area contributed by atoms with Gasteiger partial charge in [-0.2, -0.15) is 0 Å². The van der Waals surface area contributed by atoms with Crippen LogP contribution in [0.25, 0.3) is 0 Å². The van der Waals surface area contributed by atoms with Crippen molar-refractivity contribution in [3.8, 4) is 5.75 Å². The second-order valence-electron chi connectivity index (χ2n) is 8.97. The molecule has 5 nitrogen and oxygen atoms in total. The Bertz CT molecular complexity index is 744. The molecular weight excluding hydrogens is 364 g/mol. The molecule has 4 aliphatic rings. The summed E-state index contributed by atoms with van der Waals surface area (Å²) in [6.07, 6.45) is 10.4. The minimum Gasteiger partial charge on any atom is -0.452 e. The van der Waals surface area contributed by atoms with E-state index in [1.54, 1.807) is 0 Å². The van der Waals surface area contributed by atoms with Gasteiger partial charge < -0.3 is 19.3 Å². The van der Waals surface area contributed by atoms with Crippen molar-refractivity contribution in [2.75, 3.05) is 32.8 Å². The number of nitrogens with zero attached hydrogens (tertiary/aromatic N) is 2. The normalized spacial score (nSPS) is 27.7. The second-order valence-corrected chi connectivity index (χ2v) is 8.97. The van der Waals surface area contributed by atoms with Gasteiger partial charge in [0.05, 0.1) is 12.7 Å². The number of likely N-dealkylation sites (tertiary alicyclic amines) is 1. The molecule has 1 aromatic carbocycles. The van der Waals surface area contributed by atoms with Gasteiger partial charge in [0.15, 0.2) is 5.76 Å². The molecule has 0 aromatic heterocycles. The fraction of sp³-hybridized carbons (Fsp3) is 0.625. The van der Waals surface area contributed by atoms with Crippen LogP contribution in [0.2, 0.25) is 0 Å². The average molecular weight is 397 g/mol. The maximum absolute atomic E-state index is 12.9. The summed E-state index contributed by atoms with van der Waals surface area (Å²) < 4.78 is 12.0. The minimum atomic E-state index is 0.0402. The molecule has 2 heterocycles. The zero-order valence-electron chi connectivity index (χ0n) is 17.2. The fourth-order valence-electron chi connectivity index (χ4n) is 4.72. The van der Waals surface area contributed by atoms with Crippen LogP contribution in [0.4, 0.5) is 0 Å². The summed E-state index contributed by atoms with van der Waals surface area (Å²) in [4.78, 5) is 17.3. The summed E-state index contributed by atoms with van der Waals surface area (Å²) in [6.45, 7) is 5.04. The SMILES string of the molecule is O=C1C(Oc2ccc(C3CC3)cc2)=CCN1[C@H]1CC[C@H](OCCN2CCC2)CC1. The summed E-state index contributed by atoms with van der Waals surface area (Å²) in [5.41, 5.74) is 1.38. The van der Waals surface area contributed by atoms with Gasteiger partial charge in [-0.1, -0.05) is 12.1 Å². The molecule has 3 fully saturated rings. The molecule has 156 valence electrons. The van der Waals surface area contributed by atoms with Gasteiger partial charge in [-0.25, -0.2) is 0 Å². The molecule has 0 radical (unpaired) electrons. The molecule has 5 rings (SSSR count). The van der Waals surface area contributed by atoms with Crippen LogP contribution in [0.1, 0.15) is 56.4 Å². The van der Waals surface area contributed by atoms with E-state index in [0.717, 1.165) is 50.5 Å². The summed E-state index contributed by atoms with van der Waals surface area (Å²) >= 11 is 0. The fourth-order valence-corrected chi connectivity index (χ4v) is 4.72. The molecule has 29 heavy (non-hydrogen) atoms. The van der Waals surface area contributed by atoms with Gasteiger partial charge in [0, 0.05) is 19.1 Å². The van der Waals surface area contributed by atoms with Gasteiger partial charge in [-0.05, 0) is 87.7 Å². The monoisotopic (exact) mass is 396 g/mol. The first-order chi connectivity index (χ1) is 14.3. The van der Waals surface area contributed by atoms with Crippen LogP contribution in [0.15, 0.2) is 36.1 Å². The van der Waals surface area contributed by atoms with Crippen LogP contribution in [0.5, 0.6) is 5.75 Å². The van der Waals surface area contributed by atoms with E-state index in [0.29, 0.717) is 24.4 Å². The number of carbonyl (C=O) groups is 1. The first-order valence-corrected chi connectivity index (χ1v) is 11.4. The Labute approximate surface area is 173 Å². The Balaban J connectivity index is 1.06. The molecule has 1 saturated heterocycles. The summed E-state index contributed by atoms with van der Waals surface area (Å²) in [7, 11) is 0. The maximum Gasteiger partial charge on any atom is 0.289 e. The zero-order chi connectivity index (χ0) is 19.6. The molecule has 2 saturated carbocycles. The van der Waals surface area contributed by atoms with E-state index in [-0.39, 0.29) is 5.91 Å². The van der Waals surface area contributed by atoms with Crippen LogP contribution < -0.4 is 4.74 Å². The minimum absolute atomic E-state index is 0.0402. The van der Waals surface area contributed by atoms with Crippen LogP contribution in [-0.2, 0) is 9.53 Å². The Hall–Kier alpha value is -1.85. The summed E-state index contributed by atoms with van der Waals surface area (Å²) in [5, 5.41) is 0. The van der Waals surface area contributed by atoms with Gasteiger partial charge in [-0.3, -0.25) is 4.79 Å². The van der Waals surface area contributed by atoms with Gasteiger partial charge in [0.25, 0.3) is 5.91 Å². The highest BCUT2D eigenvalue weighted by atomic mass is 16.5. The van der Waals surface area contributed by atoms with E-state index >= 15 is 0 Å². The van der Waals surface area contributed by atoms with E-state index < -0.39 is 0 Å². The molecule has 2 aliphatic heterocycles. The molecular formula is C24H32N2O3. The lowest BCUT2D eigenvalue weighted by molar-refractivity contribution is -0.130. The molecule has 0 unspecified atom stereocenters. The van der Waals surface area contributed by atoms with Crippen LogP contribution in [-0.4, -0.2) is 60.6 Å². The number of benzene rings is 1. The van der Waals surface area contributed by atoms with E-state index in [2.05, 4.69) is 17.0 Å². The predicted molar refractivity (Wildman–Crippen MR) is 112 cm³/mol. The second kappa shape index (κ2) is 8.49. The first kappa shape index (κ1) is 19.1. The third-order valence-corrected chi connectivity index (χ3v) is 6.90. The van der Waals surface area contributed by atoms with Crippen LogP contribution in [0.3, 0.4) is 0 Å². The zero-order valence-corrected chi connectivity index (χ0v) is 17.2. The number of hydrogen-bond donors (Lipinski definition) is 0. The van der Waals surface area contributed by atoms with Gasteiger partial charge in [-0.15, -0.1) is 0 Å². The van der Waals surface area contributed by atoms with Crippen molar-refractivity contribution in [1.29, 1.82) is 0 Å². The van der Waals surface area contributed by atoms with Crippen molar-refractivity contribution in [3.05, 3.63) is 41.7 Å². The maximum atomic E-state index is 12.9. The largest absolute Gasteiger partial charge is 0.452 e. The third-order valence-electron chi connectivity index (χ3n) is 6.90. The lowest BCUT2D eigenvalue weighted by Gasteiger charge is -2.35. The smallest absolute Gasteiger partial charge is 0.289 e. The highest BCUT2D eigenvalue weighted by Crippen LogP contribution is 2.40. The van der Waals surface area contributed by atoms with Gasteiger partial charge >= 0.3 is 0 Å². The Morgan fingerprint density at radius 1 is 0.966 bits per heavy atom. The number of ether oxygens (including phenoxy) is 2. The summed E-state index contributed by atoms with van der Waals surface area (Å²) in [6, 6.07) is 8.56. The van der Waals surface area contributed by atoms with Crippen LogP contribution >= 0.6 is 0 Å². The number of hydrogen-bond acceptors (Lipinski definition) is 4. The van der Waals surface area contributed by atoms with Crippen molar-refractivity contribution in [2.45, 2.75) is 63.0 Å². The van der Waals surface area contributed by atoms with Crippen molar-refractivity contribution < 1.29 is 14.3 Å². The van der Waals surface area contributed by atoms with Crippen molar-refractivity contribution >= 4 is 5.91 Å². The average Bonchev–Trinajstić information content (AvgIpc) is 3.50. The highest BCUT2D eigenvalue weighted by molar-refractivity contribution is 5.94. The number of carbonyl (C=O) groups excluding carboxylic acids is 1. The van der Waals surface area contributed by atoms with E-state index in [1.165, 1.54) is 37.9 Å². The molecule has 0 spiro atoms. The van der Waals surface area contributed by atoms with Gasteiger partial charge in [0.1, 0.15) is 5.75 Å². The molecule has 2 aliphatic carbocycles. The van der Waals surface area contributed by atoms with E-state index in [4.69, 9.17) is 9.47 Å². The quantitative estimate of drug-likeness (QED) is 0.672. The van der Waals surface area contributed by atoms with Crippen molar-refractivity contribution in [2.24, 2.45) is 0 Å².